The van der Waals surface area contributed by atoms with Crippen molar-refractivity contribution >= 4 is 27.6 Å². The van der Waals surface area contributed by atoms with E-state index in [0.717, 1.165) is 26.3 Å². The minimum Gasteiger partial charge on any atom is -0.507 e. The van der Waals surface area contributed by atoms with E-state index in [1.54, 1.807) is 24.9 Å². The van der Waals surface area contributed by atoms with Gasteiger partial charge in [0.25, 0.3) is 0 Å². The van der Waals surface area contributed by atoms with Crippen molar-refractivity contribution in [2.24, 2.45) is 4.99 Å². The summed E-state index contributed by atoms with van der Waals surface area (Å²) in [5.41, 5.74) is 1.98. The number of phenols is 1. The third kappa shape index (κ3) is 2.85. The van der Waals surface area contributed by atoms with Crippen molar-refractivity contribution in [1.29, 1.82) is 0 Å². The number of aryl methyl sites for hydroxylation is 1. The van der Waals surface area contributed by atoms with Gasteiger partial charge in [0, 0.05) is 17.5 Å². The fourth-order valence-corrected chi connectivity index (χ4v) is 3.34. The molecule has 0 aliphatic heterocycles. The molecule has 0 saturated heterocycles. The third-order valence-corrected chi connectivity index (χ3v) is 4.87. The number of phenolic OH excluding ortho intramolecular Hbond substituents is 1. The van der Waals surface area contributed by atoms with Gasteiger partial charge in [0.1, 0.15) is 10.8 Å². The lowest BCUT2D eigenvalue weighted by Crippen LogP contribution is -1.97. The molecule has 3 aromatic carbocycles. The van der Waals surface area contributed by atoms with E-state index in [4.69, 9.17) is 0 Å². The summed E-state index contributed by atoms with van der Waals surface area (Å²) in [6.45, 7) is 2.08. The molecule has 110 valence electrons. The van der Waals surface area contributed by atoms with E-state index < -0.39 is 0 Å². The summed E-state index contributed by atoms with van der Waals surface area (Å²) in [4.78, 5) is 5.53. The molecule has 0 fully saturated rings. The van der Waals surface area contributed by atoms with E-state index in [-0.39, 0.29) is 5.75 Å². The zero-order valence-corrected chi connectivity index (χ0v) is 13.4. The average molecular weight is 307 g/mol. The monoisotopic (exact) mass is 307 g/mol. The Hall–Kier alpha value is -2.26. The molecule has 22 heavy (non-hydrogen) atoms. The molecule has 3 rings (SSSR count). The van der Waals surface area contributed by atoms with Crippen LogP contribution >= 0.6 is 11.8 Å². The molecule has 0 amide bonds. The Morgan fingerprint density at radius 3 is 2.27 bits per heavy atom. The summed E-state index contributed by atoms with van der Waals surface area (Å²) in [5, 5.41) is 13.3. The topological polar surface area (TPSA) is 32.6 Å². The van der Waals surface area contributed by atoms with Crippen molar-refractivity contribution in [3.8, 4) is 5.75 Å². The van der Waals surface area contributed by atoms with Gasteiger partial charge in [0.05, 0.1) is 0 Å². The molecule has 0 atom stereocenters. The van der Waals surface area contributed by atoms with E-state index in [2.05, 4.69) is 24.0 Å². The van der Waals surface area contributed by atoms with Crippen LogP contribution in [0.25, 0.3) is 10.8 Å². The maximum atomic E-state index is 10.4. The van der Waals surface area contributed by atoms with Gasteiger partial charge in [-0.2, -0.15) is 0 Å². The van der Waals surface area contributed by atoms with Gasteiger partial charge in [-0.15, -0.1) is 0 Å². The van der Waals surface area contributed by atoms with Crippen LogP contribution in [0, 0.1) is 6.92 Å². The largest absolute Gasteiger partial charge is 0.507 e. The quantitative estimate of drug-likeness (QED) is 0.409. The summed E-state index contributed by atoms with van der Waals surface area (Å²) < 4.78 is 0. The van der Waals surface area contributed by atoms with Crippen LogP contribution in [0.3, 0.4) is 0 Å². The van der Waals surface area contributed by atoms with Gasteiger partial charge < -0.3 is 5.11 Å². The highest BCUT2D eigenvalue weighted by atomic mass is 32.2. The predicted octanol–water partition coefficient (Wildman–Crippen LogP) is 5.02. The number of nitrogens with zero attached hydrogens (tertiary/aromatic N) is 1. The summed E-state index contributed by atoms with van der Waals surface area (Å²) in [6.07, 6.45) is 0. The van der Waals surface area contributed by atoms with Gasteiger partial charge in [-0.1, -0.05) is 54.2 Å². The molecule has 0 unspecified atom stereocenters. The second-order valence-corrected chi connectivity index (χ2v) is 6.14. The minimum atomic E-state index is 0.264. The second kappa shape index (κ2) is 6.24. The fourth-order valence-electron chi connectivity index (χ4n) is 2.40. The number of fused-ring (bicyclic) bond motifs is 1. The Balaban J connectivity index is 2.04. The molecule has 0 saturated carbocycles. The average Bonchev–Trinajstić information content (AvgIpc) is 2.54. The van der Waals surface area contributed by atoms with Gasteiger partial charge in [0.15, 0.2) is 0 Å². The molecule has 3 aromatic rings. The number of aliphatic imine (C=N–C) groups is 1. The Bertz CT molecular complexity index is 855. The SMILES string of the molecule is CN=C(Sc1ccccc1C)c1cc2ccccc2cc1O. The van der Waals surface area contributed by atoms with Crippen molar-refractivity contribution in [3.05, 3.63) is 71.8 Å². The van der Waals surface area contributed by atoms with Crippen molar-refractivity contribution in [2.45, 2.75) is 11.8 Å². The van der Waals surface area contributed by atoms with Crippen molar-refractivity contribution in [1.82, 2.24) is 0 Å². The number of hydrogen-bond acceptors (Lipinski definition) is 3. The van der Waals surface area contributed by atoms with Crippen LogP contribution in [0.2, 0.25) is 0 Å². The highest BCUT2D eigenvalue weighted by molar-refractivity contribution is 8.14. The maximum Gasteiger partial charge on any atom is 0.126 e. The van der Waals surface area contributed by atoms with Crippen LogP contribution in [-0.4, -0.2) is 17.2 Å². The van der Waals surface area contributed by atoms with E-state index in [1.807, 2.05) is 42.5 Å². The molecule has 3 heteroatoms. The lowest BCUT2D eigenvalue weighted by molar-refractivity contribution is 0.475. The van der Waals surface area contributed by atoms with Crippen molar-refractivity contribution in [3.63, 3.8) is 0 Å². The molecule has 0 heterocycles. The number of benzene rings is 3. The summed E-state index contributed by atoms with van der Waals surface area (Å²) in [7, 11) is 1.76. The highest BCUT2D eigenvalue weighted by Gasteiger charge is 2.12. The van der Waals surface area contributed by atoms with Crippen LogP contribution in [0.15, 0.2) is 70.6 Å². The Labute approximate surface area is 134 Å². The highest BCUT2D eigenvalue weighted by Crippen LogP contribution is 2.32. The number of hydrogen-bond donors (Lipinski definition) is 1. The first-order valence-electron chi connectivity index (χ1n) is 7.11. The van der Waals surface area contributed by atoms with Crippen molar-refractivity contribution < 1.29 is 5.11 Å². The molecule has 1 N–H and O–H groups in total. The summed E-state index contributed by atoms with van der Waals surface area (Å²) >= 11 is 1.58. The first-order chi connectivity index (χ1) is 10.7. The number of thioether (sulfide) groups is 1. The molecule has 0 aliphatic carbocycles. The summed E-state index contributed by atoms with van der Waals surface area (Å²) in [6, 6.07) is 20.0. The molecular formula is C19H17NOS. The summed E-state index contributed by atoms with van der Waals surface area (Å²) in [5.74, 6) is 0.264. The molecule has 0 aromatic heterocycles. The maximum absolute atomic E-state index is 10.4. The van der Waals surface area contributed by atoms with Gasteiger partial charge in [0.2, 0.25) is 0 Å². The molecule has 0 radical (unpaired) electrons. The normalized spacial score (nSPS) is 11.8. The van der Waals surface area contributed by atoms with Gasteiger partial charge in [-0.25, -0.2) is 0 Å². The van der Waals surface area contributed by atoms with Gasteiger partial charge in [-0.05, 0) is 41.5 Å². The standard InChI is InChI=1S/C19H17NOS/c1-13-7-3-6-10-18(13)22-19(20-2)16-11-14-8-4-5-9-15(14)12-17(16)21/h3-12,21H,1-2H3. The smallest absolute Gasteiger partial charge is 0.126 e. The Morgan fingerprint density at radius 1 is 0.955 bits per heavy atom. The van der Waals surface area contributed by atoms with E-state index in [9.17, 15) is 5.11 Å². The Kier molecular flexibility index (Phi) is 4.16. The lowest BCUT2D eigenvalue weighted by Gasteiger charge is -2.11. The number of rotatable bonds is 2. The predicted molar refractivity (Wildman–Crippen MR) is 95.1 cm³/mol. The van der Waals surface area contributed by atoms with Crippen LogP contribution in [0.5, 0.6) is 5.75 Å². The van der Waals surface area contributed by atoms with Gasteiger partial charge >= 0.3 is 0 Å². The fraction of sp³-hybridized carbons (Fsp3) is 0.105. The minimum absolute atomic E-state index is 0.264. The molecule has 0 bridgehead atoms. The first-order valence-corrected chi connectivity index (χ1v) is 7.93. The second-order valence-electron chi connectivity index (χ2n) is 5.11. The van der Waals surface area contributed by atoms with Crippen LogP contribution < -0.4 is 0 Å². The zero-order chi connectivity index (χ0) is 15.5. The van der Waals surface area contributed by atoms with Crippen LogP contribution in [-0.2, 0) is 0 Å². The molecular weight excluding hydrogens is 290 g/mol. The lowest BCUT2D eigenvalue weighted by atomic mass is 10.1. The molecule has 2 nitrogen and oxygen atoms in total. The Morgan fingerprint density at radius 2 is 1.59 bits per heavy atom. The van der Waals surface area contributed by atoms with E-state index in [1.165, 1.54) is 5.56 Å². The van der Waals surface area contributed by atoms with Crippen molar-refractivity contribution in [2.75, 3.05) is 7.05 Å². The zero-order valence-electron chi connectivity index (χ0n) is 12.6. The first kappa shape index (κ1) is 14.7. The number of aromatic hydroxyl groups is 1. The van der Waals surface area contributed by atoms with Crippen LogP contribution in [0.1, 0.15) is 11.1 Å². The van der Waals surface area contributed by atoms with E-state index >= 15 is 0 Å². The molecule has 0 spiro atoms. The van der Waals surface area contributed by atoms with Crippen LogP contribution in [0.4, 0.5) is 0 Å². The molecule has 0 aliphatic rings. The third-order valence-electron chi connectivity index (χ3n) is 3.60. The van der Waals surface area contributed by atoms with E-state index in [0.29, 0.717) is 0 Å². The van der Waals surface area contributed by atoms with Gasteiger partial charge in [-0.3, -0.25) is 4.99 Å².